The summed E-state index contributed by atoms with van der Waals surface area (Å²) in [6.45, 7) is 3.34. The SMILES string of the molecule is COc1ccc(N2CC(CN3CCC(Cc4ccc(F)cc4)CC3)OC2=O)cc1. The molecule has 0 bridgehead atoms. The van der Waals surface area contributed by atoms with Gasteiger partial charge in [-0.3, -0.25) is 9.80 Å². The highest BCUT2D eigenvalue weighted by Gasteiger charge is 2.34. The van der Waals surface area contributed by atoms with E-state index >= 15 is 0 Å². The number of piperidine rings is 1. The van der Waals surface area contributed by atoms with Crippen molar-refractivity contribution in [2.24, 2.45) is 5.92 Å². The van der Waals surface area contributed by atoms with Crippen molar-refractivity contribution in [1.82, 2.24) is 4.90 Å². The van der Waals surface area contributed by atoms with Gasteiger partial charge in [-0.05, 0) is 80.2 Å². The third-order valence-corrected chi connectivity index (χ3v) is 5.86. The van der Waals surface area contributed by atoms with Gasteiger partial charge in [-0.1, -0.05) is 12.1 Å². The molecule has 2 fully saturated rings. The van der Waals surface area contributed by atoms with Crippen molar-refractivity contribution >= 4 is 11.8 Å². The number of hydrogen-bond donors (Lipinski definition) is 0. The van der Waals surface area contributed by atoms with Gasteiger partial charge in [0.2, 0.25) is 0 Å². The number of benzene rings is 2. The van der Waals surface area contributed by atoms with Gasteiger partial charge < -0.3 is 9.47 Å². The molecule has 1 atom stereocenters. The number of likely N-dealkylation sites (tertiary alicyclic amines) is 1. The average molecular weight is 398 g/mol. The number of nitrogens with zero attached hydrogens (tertiary/aromatic N) is 2. The van der Waals surface area contributed by atoms with Gasteiger partial charge in [-0.25, -0.2) is 9.18 Å². The maximum atomic E-state index is 13.1. The van der Waals surface area contributed by atoms with Gasteiger partial charge >= 0.3 is 6.09 Å². The van der Waals surface area contributed by atoms with Crippen molar-refractivity contribution in [1.29, 1.82) is 0 Å². The van der Waals surface area contributed by atoms with Crippen LogP contribution in [0.25, 0.3) is 0 Å². The highest BCUT2D eigenvalue weighted by atomic mass is 19.1. The molecular formula is C23H27FN2O3. The molecule has 0 aliphatic carbocycles. The van der Waals surface area contributed by atoms with Crippen molar-refractivity contribution in [3.8, 4) is 5.75 Å². The molecule has 0 saturated carbocycles. The molecule has 0 radical (unpaired) electrons. The third-order valence-electron chi connectivity index (χ3n) is 5.86. The summed E-state index contributed by atoms with van der Waals surface area (Å²) in [7, 11) is 1.62. The van der Waals surface area contributed by atoms with E-state index in [0.717, 1.165) is 50.3 Å². The van der Waals surface area contributed by atoms with Crippen LogP contribution in [-0.2, 0) is 11.2 Å². The minimum atomic E-state index is -0.286. The number of carbonyl (C=O) groups is 1. The molecule has 0 aromatic heterocycles. The first-order chi connectivity index (χ1) is 14.1. The Bertz CT molecular complexity index is 817. The molecule has 2 aliphatic heterocycles. The lowest BCUT2D eigenvalue weighted by atomic mass is 9.90. The molecule has 29 heavy (non-hydrogen) atoms. The molecule has 6 heteroatoms. The Kier molecular flexibility index (Phi) is 6.00. The molecular weight excluding hydrogens is 371 g/mol. The summed E-state index contributed by atoms with van der Waals surface area (Å²) in [4.78, 5) is 16.4. The Hall–Kier alpha value is -2.60. The first-order valence-electron chi connectivity index (χ1n) is 10.2. The maximum Gasteiger partial charge on any atom is 0.414 e. The number of halogens is 1. The van der Waals surface area contributed by atoms with Crippen LogP contribution in [-0.4, -0.2) is 50.4 Å². The molecule has 5 nitrogen and oxygen atoms in total. The molecule has 2 saturated heterocycles. The molecule has 2 heterocycles. The largest absolute Gasteiger partial charge is 0.497 e. The average Bonchev–Trinajstić information content (AvgIpc) is 3.11. The van der Waals surface area contributed by atoms with Gasteiger partial charge in [0.25, 0.3) is 0 Å². The van der Waals surface area contributed by atoms with Crippen molar-refractivity contribution in [3.63, 3.8) is 0 Å². The number of rotatable bonds is 6. The second-order valence-electron chi connectivity index (χ2n) is 7.89. The predicted molar refractivity (Wildman–Crippen MR) is 110 cm³/mol. The molecule has 2 aromatic carbocycles. The van der Waals surface area contributed by atoms with E-state index in [1.807, 2.05) is 36.4 Å². The second-order valence-corrected chi connectivity index (χ2v) is 7.89. The minimum Gasteiger partial charge on any atom is -0.497 e. The van der Waals surface area contributed by atoms with Crippen LogP contribution < -0.4 is 9.64 Å². The topological polar surface area (TPSA) is 42.0 Å². The van der Waals surface area contributed by atoms with Crippen molar-refractivity contribution in [2.75, 3.05) is 38.2 Å². The molecule has 0 spiro atoms. The van der Waals surface area contributed by atoms with Gasteiger partial charge in [-0.2, -0.15) is 0 Å². The number of methoxy groups -OCH3 is 1. The number of amides is 1. The first-order valence-corrected chi connectivity index (χ1v) is 10.2. The van der Waals surface area contributed by atoms with E-state index in [1.165, 1.54) is 17.7 Å². The smallest absolute Gasteiger partial charge is 0.414 e. The highest BCUT2D eigenvalue weighted by Crippen LogP contribution is 2.26. The van der Waals surface area contributed by atoms with Crippen LogP contribution in [0.1, 0.15) is 18.4 Å². The molecule has 4 rings (SSSR count). The zero-order chi connectivity index (χ0) is 20.2. The normalized spacial score (nSPS) is 20.7. The van der Waals surface area contributed by atoms with Crippen LogP contribution in [0, 0.1) is 11.7 Å². The van der Waals surface area contributed by atoms with E-state index in [1.54, 1.807) is 12.0 Å². The Morgan fingerprint density at radius 2 is 1.76 bits per heavy atom. The van der Waals surface area contributed by atoms with E-state index in [-0.39, 0.29) is 18.0 Å². The molecule has 154 valence electrons. The third kappa shape index (κ3) is 4.88. The molecule has 0 N–H and O–H groups in total. The van der Waals surface area contributed by atoms with E-state index in [2.05, 4.69) is 4.90 Å². The van der Waals surface area contributed by atoms with Crippen LogP contribution in [0.3, 0.4) is 0 Å². The number of cyclic esters (lactones) is 1. The summed E-state index contributed by atoms with van der Waals surface area (Å²) in [6, 6.07) is 14.3. The van der Waals surface area contributed by atoms with Crippen molar-refractivity contribution in [3.05, 3.63) is 59.9 Å². The lowest BCUT2D eigenvalue weighted by molar-refractivity contribution is 0.0914. The van der Waals surface area contributed by atoms with Crippen molar-refractivity contribution in [2.45, 2.75) is 25.4 Å². The van der Waals surface area contributed by atoms with Gasteiger partial charge in [0.15, 0.2) is 0 Å². The van der Waals surface area contributed by atoms with E-state index in [9.17, 15) is 9.18 Å². The monoisotopic (exact) mass is 398 g/mol. The van der Waals surface area contributed by atoms with Gasteiger partial charge in [0.05, 0.1) is 13.7 Å². The Morgan fingerprint density at radius 3 is 2.41 bits per heavy atom. The number of ether oxygens (including phenoxy) is 2. The quantitative estimate of drug-likeness (QED) is 0.734. The number of hydrogen-bond acceptors (Lipinski definition) is 4. The second kappa shape index (κ2) is 8.82. The fourth-order valence-corrected chi connectivity index (χ4v) is 4.20. The number of carbonyl (C=O) groups excluding carboxylic acids is 1. The Balaban J connectivity index is 1.25. The standard InChI is InChI=1S/C23H27FN2O3/c1-28-21-8-6-20(7-9-21)26-16-22(29-23(26)27)15-25-12-10-18(11-13-25)14-17-2-4-19(24)5-3-17/h2-9,18,22H,10-16H2,1H3. The molecule has 2 aliphatic rings. The minimum absolute atomic E-state index is 0.113. The highest BCUT2D eigenvalue weighted by molar-refractivity contribution is 5.89. The van der Waals surface area contributed by atoms with Crippen LogP contribution >= 0.6 is 0 Å². The molecule has 1 unspecified atom stereocenters. The molecule has 2 aromatic rings. The van der Waals surface area contributed by atoms with Crippen LogP contribution in [0.15, 0.2) is 48.5 Å². The summed E-state index contributed by atoms with van der Waals surface area (Å²) in [5.41, 5.74) is 2.03. The Labute approximate surface area is 171 Å². The summed E-state index contributed by atoms with van der Waals surface area (Å²) >= 11 is 0. The van der Waals surface area contributed by atoms with E-state index in [0.29, 0.717) is 12.5 Å². The zero-order valence-corrected chi connectivity index (χ0v) is 16.7. The van der Waals surface area contributed by atoms with Crippen LogP contribution in [0.5, 0.6) is 5.75 Å². The van der Waals surface area contributed by atoms with Gasteiger partial charge in [0, 0.05) is 12.2 Å². The van der Waals surface area contributed by atoms with Crippen molar-refractivity contribution < 1.29 is 18.7 Å². The van der Waals surface area contributed by atoms with Crippen LogP contribution in [0.4, 0.5) is 14.9 Å². The summed E-state index contributed by atoms with van der Waals surface area (Å²) in [5, 5.41) is 0. The first kappa shape index (κ1) is 19.7. The fourth-order valence-electron chi connectivity index (χ4n) is 4.20. The summed E-state index contributed by atoms with van der Waals surface area (Å²) in [6.07, 6.45) is 2.82. The summed E-state index contributed by atoms with van der Waals surface area (Å²) < 4.78 is 23.8. The van der Waals surface area contributed by atoms with Crippen LogP contribution in [0.2, 0.25) is 0 Å². The van der Waals surface area contributed by atoms with E-state index in [4.69, 9.17) is 9.47 Å². The zero-order valence-electron chi connectivity index (χ0n) is 16.7. The predicted octanol–water partition coefficient (Wildman–Crippen LogP) is 4.11. The lowest BCUT2D eigenvalue weighted by Crippen LogP contribution is -2.40. The lowest BCUT2D eigenvalue weighted by Gasteiger charge is -2.33. The fraction of sp³-hybridized carbons (Fsp3) is 0.435. The Morgan fingerprint density at radius 1 is 1.07 bits per heavy atom. The van der Waals surface area contributed by atoms with Gasteiger partial charge in [-0.15, -0.1) is 0 Å². The maximum absolute atomic E-state index is 13.1. The number of anilines is 1. The van der Waals surface area contributed by atoms with E-state index < -0.39 is 0 Å². The molecule has 1 amide bonds. The van der Waals surface area contributed by atoms with Gasteiger partial charge in [0.1, 0.15) is 17.7 Å². The summed E-state index contributed by atoms with van der Waals surface area (Å²) in [5.74, 6) is 1.21.